The highest BCUT2D eigenvalue weighted by Gasteiger charge is 2.42. The Kier molecular flexibility index (Phi) is 5.68. The monoisotopic (exact) mass is 332 g/mol. The highest BCUT2D eigenvalue weighted by Crippen LogP contribution is 2.26. The number of hydrogen-bond donors (Lipinski definition) is 1. The molecule has 1 N–H and O–H groups in total. The van der Waals surface area contributed by atoms with Gasteiger partial charge in [0, 0.05) is 12.6 Å². The van der Waals surface area contributed by atoms with Crippen LogP contribution in [0.3, 0.4) is 0 Å². The number of carbonyl (C=O) groups excluding carboxylic acids is 3. The smallest absolute Gasteiger partial charge is 0.332 e. The van der Waals surface area contributed by atoms with Crippen LogP contribution in [-0.2, 0) is 14.3 Å². The number of rotatable bonds is 7. The maximum absolute atomic E-state index is 12.5. The van der Waals surface area contributed by atoms with Crippen molar-refractivity contribution in [3.05, 3.63) is 36.5 Å². The molecule has 7 heteroatoms. The Morgan fingerprint density at radius 1 is 1.50 bits per heavy atom. The highest BCUT2D eigenvalue weighted by atomic mass is 16.5. The van der Waals surface area contributed by atoms with E-state index in [2.05, 4.69) is 16.9 Å². The molecule has 128 valence electrons. The normalized spacial score (nSPS) is 20.0. The number of esters is 1. The second-order valence-corrected chi connectivity index (χ2v) is 5.54. The van der Waals surface area contributed by atoms with Crippen molar-refractivity contribution >= 4 is 17.7 Å². The fourth-order valence-electron chi connectivity index (χ4n) is 2.69. The van der Waals surface area contributed by atoms with Crippen LogP contribution in [0.5, 0.6) is 5.88 Å². The van der Waals surface area contributed by atoms with Crippen LogP contribution in [0.25, 0.3) is 0 Å². The Morgan fingerprint density at radius 2 is 2.29 bits per heavy atom. The number of ketones is 1. The molecule has 0 spiro atoms. The summed E-state index contributed by atoms with van der Waals surface area (Å²) in [5, 5.41) is 2.68. The van der Waals surface area contributed by atoms with Crippen LogP contribution >= 0.6 is 0 Å². The third kappa shape index (κ3) is 3.79. The molecule has 1 aliphatic heterocycles. The van der Waals surface area contributed by atoms with Gasteiger partial charge in [0.2, 0.25) is 17.6 Å². The number of nitrogens with zero attached hydrogens (tertiary/aromatic N) is 1. The molecule has 1 aliphatic rings. The predicted molar refractivity (Wildman–Crippen MR) is 85.6 cm³/mol. The van der Waals surface area contributed by atoms with Gasteiger partial charge in [0.05, 0.1) is 12.7 Å². The van der Waals surface area contributed by atoms with Crippen molar-refractivity contribution < 1.29 is 23.9 Å². The maximum Gasteiger partial charge on any atom is 0.332 e. The Morgan fingerprint density at radius 3 is 2.96 bits per heavy atom. The number of nitrogens with one attached hydrogen (secondary N) is 1. The second-order valence-electron chi connectivity index (χ2n) is 5.54. The standard InChI is InChI=1S/C17H20N2O5/c1-3-8-17(9-4-7-14(21)19-17)16(22)24-11-13(20)12-6-5-10-18-15(12)23-2/h3,5-6,10H,1,4,7-9,11H2,2H3,(H,19,21). The number of methoxy groups -OCH3 is 1. The molecule has 1 unspecified atom stereocenters. The minimum absolute atomic E-state index is 0.172. The fourth-order valence-corrected chi connectivity index (χ4v) is 2.69. The molecule has 0 saturated carbocycles. The molecule has 1 aromatic rings. The van der Waals surface area contributed by atoms with Crippen LogP contribution in [0.15, 0.2) is 31.0 Å². The summed E-state index contributed by atoms with van der Waals surface area (Å²) in [7, 11) is 1.40. The Labute approximate surface area is 140 Å². The highest BCUT2D eigenvalue weighted by molar-refractivity contribution is 6.00. The summed E-state index contributed by atoms with van der Waals surface area (Å²) >= 11 is 0. The van der Waals surface area contributed by atoms with Crippen molar-refractivity contribution in [2.24, 2.45) is 0 Å². The summed E-state index contributed by atoms with van der Waals surface area (Å²) in [6, 6.07) is 3.14. The van der Waals surface area contributed by atoms with Crippen molar-refractivity contribution in [3.8, 4) is 5.88 Å². The van der Waals surface area contributed by atoms with Gasteiger partial charge in [0.1, 0.15) is 5.54 Å². The van der Waals surface area contributed by atoms with Crippen LogP contribution < -0.4 is 10.1 Å². The van der Waals surface area contributed by atoms with Crippen LogP contribution in [0.1, 0.15) is 36.0 Å². The quantitative estimate of drug-likeness (QED) is 0.461. The topological polar surface area (TPSA) is 94.6 Å². The molecule has 0 aliphatic carbocycles. The predicted octanol–water partition coefficient (Wildman–Crippen LogP) is 1.43. The van der Waals surface area contributed by atoms with E-state index >= 15 is 0 Å². The first-order valence-corrected chi connectivity index (χ1v) is 7.64. The number of piperidine rings is 1. The van der Waals surface area contributed by atoms with Crippen LogP contribution in [0, 0.1) is 0 Å². The number of amides is 1. The van der Waals surface area contributed by atoms with Gasteiger partial charge in [0.25, 0.3) is 0 Å². The van der Waals surface area contributed by atoms with E-state index in [0.717, 1.165) is 0 Å². The van der Waals surface area contributed by atoms with E-state index in [1.807, 2.05) is 0 Å². The zero-order chi connectivity index (χ0) is 17.6. The minimum Gasteiger partial charge on any atom is -0.480 e. The molecule has 1 amide bonds. The fraction of sp³-hybridized carbons (Fsp3) is 0.412. The van der Waals surface area contributed by atoms with Crippen molar-refractivity contribution in [1.29, 1.82) is 0 Å². The first-order chi connectivity index (χ1) is 11.5. The lowest BCUT2D eigenvalue weighted by Crippen LogP contribution is -2.57. The zero-order valence-electron chi connectivity index (χ0n) is 13.5. The summed E-state index contributed by atoms with van der Waals surface area (Å²) < 4.78 is 10.2. The largest absolute Gasteiger partial charge is 0.480 e. The lowest BCUT2D eigenvalue weighted by Gasteiger charge is -2.34. The number of ether oxygens (including phenoxy) is 2. The number of pyridine rings is 1. The van der Waals surface area contributed by atoms with Crippen LogP contribution in [-0.4, -0.2) is 41.9 Å². The molecule has 0 aromatic carbocycles. The summed E-state index contributed by atoms with van der Waals surface area (Å²) in [5.74, 6) is -1.10. The van der Waals surface area contributed by atoms with E-state index in [1.165, 1.54) is 13.3 Å². The lowest BCUT2D eigenvalue weighted by atomic mass is 9.85. The molecule has 2 rings (SSSR count). The summed E-state index contributed by atoms with van der Waals surface area (Å²) in [6.45, 7) is 3.17. The second kappa shape index (κ2) is 7.72. The summed E-state index contributed by atoms with van der Waals surface area (Å²) in [6.07, 6.45) is 4.71. The molecule has 0 radical (unpaired) electrons. The first-order valence-electron chi connectivity index (χ1n) is 7.64. The van der Waals surface area contributed by atoms with Gasteiger partial charge in [-0.25, -0.2) is 9.78 Å². The first kappa shape index (κ1) is 17.7. The molecular formula is C17H20N2O5. The SMILES string of the molecule is C=CCC1(C(=O)OCC(=O)c2cccnc2OC)CCCC(=O)N1. The number of carbonyl (C=O) groups is 3. The van der Waals surface area contributed by atoms with Gasteiger partial charge < -0.3 is 14.8 Å². The minimum atomic E-state index is -1.14. The van der Waals surface area contributed by atoms with Gasteiger partial charge in [0.15, 0.2) is 6.61 Å². The van der Waals surface area contributed by atoms with Gasteiger partial charge in [-0.2, -0.15) is 0 Å². The summed E-state index contributed by atoms with van der Waals surface area (Å²) in [4.78, 5) is 40.3. The third-order valence-electron chi connectivity index (χ3n) is 3.87. The molecule has 1 aromatic heterocycles. The van der Waals surface area contributed by atoms with Gasteiger partial charge in [-0.05, 0) is 31.4 Å². The van der Waals surface area contributed by atoms with E-state index in [4.69, 9.17) is 9.47 Å². The number of hydrogen-bond acceptors (Lipinski definition) is 6. The summed E-state index contributed by atoms with van der Waals surface area (Å²) in [5.41, 5.74) is -0.908. The zero-order valence-corrected chi connectivity index (χ0v) is 13.5. The average Bonchev–Trinajstić information content (AvgIpc) is 2.59. The molecule has 1 atom stereocenters. The van der Waals surface area contributed by atoms with Crippen molar-refractivity contribution in [3.63, 3.8) is 0 Å². The van der Waals surface area contributed by atoms with Crippen LogP contribution in [0.2, 0.25) is 0 Å². The number of Topliss-reactive ketones (excluding diaryl/α,β-unsaturated/α-hetero) is 1. The van der Waals surface area contributed by atoms with Gasteiger partial charge >= 0.3 is 5.97 Å². The Balaban J connectivity index is 2.06. The molecular weight excluding hydrogens is 312 g/mol. The molecule has 2 heterocycles. The lowest BCUT2D eigenvalue weighted by molar-refractivity contribution is -0.154. The van der Waals surface area contributed by atoms with Crippen molar-refractivity contribution in [1.82, 2.24) is 10.3 Å². The van der Waals surface area contributed by atoms with Gasteiger partial charge in [-0.3, -0.25) is 9.59 Å². The van der Waals surface area contributed by atoms with E-state index < -0.39 is 23.9 Å². The maximum atomic E-state index is 12.5. The van der Waals surface area contributed by atoms with E-state index in [-0.39, 0.29) is 23.8 Å². The molecule has 1 fully saturated rings. The van der Waals surface area contributed by atoms with Gasteiger partial charge in [-0.1, -0.05) is 6.08 Å². The van der Waals surface area contributed by atoms with E-state index in [1.54, 1.807) is 18.2 Å². The van der Waals surface area contributed by atoms with Crippen molar-refractivity contribution in [2.45, 2.75) is 31.2 Å². The van der Waals surface area contributed by atoms with Gasteiger partial charge in [-0.15, -0.1) is 6.58 Å². The molecule has 1 saturated heterocycles. The van der Waals surface area contributed by atoms with Crippen molar-refractivity contribution in [2.75, 3.05) is 13.7 Å². The molecule has 0 bridgehead atoms. The number of aromatic nitrogens is 1. The molecule has 24 heavy (non-hydrogen) atoms. The van der Waals surface area contributed by atoms with E-state index in [0.29, 0.717) is 19.3 Å². The Bertz CT molecular complexity index is 658. The Hall–Kier alpha value is -2.70. The average molecular weight is 332 g/mol. The third-order valence-corrected chi connectivity index (χ3v) is 3.87. The van der Waals surface area contributed by atoms with Crippen LogP contribution in [0.4, 0.5) is 0 Å². The molecule has 7 nitrogen and oxygen atoms in total. The van der Waals surface area contributed by atoms with E-state index in [9.17, 15) is 14.4 Å².